The van der Waals surface area contributed by atoms with E-state index in [4.69, 9.17) is 0 Å². The van der Waals surface area contributed by atoms with Crippen LogP contribution in [0.2, 0.25) is 0 Å². The highest BCUT2D eigenvalue weighted by Gasteiger charge is 2.35. The molecule has 0 spiro atoms. The Morgan fingerprint density at radius 2 is 1.46 bits per heavy atom. The molecule has 28 heavy (non-hydrogen) atoms. The van der Waals surface area contributed by atoms with E-state index in [9.17, 15) is 14.7 Å². The average Bonchev–Trinajstić information content (AvgIpc) is 3.06. The number of rotatable bonds is 8. The quantitative estimate of drug-likeness (QED) is 0.740. The van der Waals surface area contributed by atoms with Gasteiger partial charge in [0.05, 0.1) is 12.5 Å². The summed E-state index contributed by atoms with van der Waals surface area (Å²) in [5.74, 6) is -0.947. The van der Waals surface area contributed by atoms with Gasteiger partial charge in [-0.25, -0.2) is 0 Å². The van der Waals surface area contributed by atoms with E-state index in [0.29, 0.717) is 13.1 Å². The van der Waals surface area contributed by atoms with Crippen molar-refractivity contribution in [1.29, 1.82) is 0 Å². The fraction of sp³-hybridized carbons (Fsp3) is 0.391. The van der Waals surface area contributed by atoms with Crippen molar-refractivity contribution < 1.29 is 14.7 Å². The molecule has 0 fully saturated rings. The van der Waals surface area contributed by atoms with E-state index >= 15 is 0 Å². The third kappa shape index (κ3) is 3.80. The lowest BCUT2D eigenvalue weighted by Crippen LogP contribution is -2.51. The molecule has 0 heterocycles. The Hall–Kier alpha value is -2.66. The van der Waals surface area contributed by atoms with Crippen LogP contribution in [0.15, 0.2) is 48.5 Å². The zero-order valence-corrected chi connectivity index (χ0v) is 16.5. The number of carbonyl (C=O) groups excluding carboxylic acids is 2. The van der Waals surface area contributed by atoms with E-state index in [1.165, 1.54) is 0 Å². The molecule has 2 aromatic carbocycles. The molecule has 0 aliphatic heterocycles. The molecular weight excluding hydrogens is 352 g/mol. The molecule has 1 atom stereocenters. The van der Waals surface area contributed by atoms with Crippen molar-refractivity contribution >= 4 is 11.8 Å². The standard InChI is InChI=1S/C23H28N2O3/c1-3-13-25(14-4-2)23(28)20(15-26)24-22(27)21-18-11-7-5-9-16(18)17-10-6-8-12-19(17)21/h5-12,20-21,26H,3-4,13-15H2,1-2H3,(H,24,27)/t20-/m0/s1. The molecule has 2 N–H and O–H groups in total. The first-order chi connectivity index (χ1) is 13.6. The van der Waals surface area contributed by atoms with Crippen LogP contribution in [-0.4, -0.2) is 47.6 Å². The van der Waals surface area contributed by atoms with E-state index in [1.807, 2.05) is 62.4 Å². The Bertz CT molecular complexity index is 798. The minimum absolute atomic E-state index is 0.223. The number of amides is 2. The molecule has 0 saturated carbocycles. The van der Waals surface area contributed by atoms with Gasteiger partial charge in [-0.15, -0.1) is 0 Å². The number of benzene rings is 2. The van der Waals surface area contributed by atoms with E-state index in [1.54, 1.807) is 4.90 Å². The number of nitrogens with one attached hydrogen (secondary N) is 1. The van der Waals surface area contributed by atoms with Crippen LogP contribution in [0.25, 0.3) is 11.1 Å². The van der Waals surface area contributed by atoms with Crippen molar-refractivity contribution in [3.05, 3.63) is 59.7 Å². The molecule has 148 valence electrons. The lowest BCUT2D eigenvalue weighted by molar-refractivity contribution is -0.137. The molecule has 0 bridgehead atoms. The Labute approximate surface area is 166 Å². The van der Waals surface area contributed by atoms with Gasteiger partial charge in [0.25, 0.3) is 0 Å². The summed E-state index contributed by atoms with van der Waals surface area (Å²) in [6.07, 6.45) is 1.67. The van der Waals surface area contributed by atoms with Crippen molar-refractivity contribution in [1.82, 2.24) is 10.2 Å². The zero-order chi connectivity index (χ0) is 20.1. The number of hydrogen-bond donors (Lipinski definition) is 2. The largest absolute Gasteiger partial charge is 0.394 e. The lowest BCUT2D eigenvalue weighted by atomic mass is 9.95. The highest BCUT2D eigenvalue weighted by atomic mass is 16.3. The zero-order valence-electron chi connectivity index (χ0n) is 16.5. The fourth-order valence-electron chi connectivity index (χ4n) is 3.97. The molecule has 0 radical (unpaired) electrons. The predicted molar refractivity (Wildman–Crippen MR) is 110 cm³/mol. The van der Waals surface area contributed by atoms with Crippen molar-refractivity contribution in [3.8, 4) is 11.1 Å². The first-order valence-electron chi connectivity index (χ1n) is 10.0. The first-order valence-corrected chi connectivity index (χ1v) is 10.0. The third-order valence-corrected chi connectivity index (χ3v) is 5.19. The summed E-state index contributed by atoms with van der Waals surface area (Å²) >= 11 is 0. The Kier molecular flexibility index (Phi) is 6.47. The summed E-state index contributed by atoms with van der Waals surface area (Å²) in [6, 6.07) is 14.8. The van der Waals surface area contributed by atoms with Crippen molar-refractivity contribution in [2.24, 2.45) is 0 Å². The molecule has 0 aromatic heterocycles. The Balaban J connectivity index is 1.84. The summed E-state index contributed by atoms with van der Waals surface area (Å²) in [5, 5.41) is 12.6. The number of hydrogen-bond acceptors (Lipinski definition) is 3. The molecule has 2 aromatic rings. The van der Waals surface area contributed by atoms with Gasteiger partial charge in [0.2, 0.25) is 11.8 Å². The van der Waals surface area contributed by atoms with Crippen molar-refractivity contribution in [3.63, 3.8) is 0 Å². The van der Waals surface area contributed by atoms with Crippen LogP contribution in [0, 0.1) is 0 Å². The maximum atomic E-state index is 13.2. The van der Waals surface area contributed by atoms with Gasteiger partial charge in [0, 0.05) is 13.1 Å². The average molecular weight is 380 g/mol. The summed E-state index contributed by atoms with van der Waals surface area (Å²) in [6.45, 7) is 4.84. The SMILES string of the molecule is CCCN(CCC)C(=O)[C@H](CO)NC(=O)C1c2ccccc2-c2ccccc21. The fourth-order valence-corrected chi connectivity index (χ4v) is 3.97. The van der Waals surface area contributed by atoms with Gasteiger partial charge in [0.1, 0.15) is 6.04 Å². The Morgan fingerprint density at radius 1 is 0.964 bits per heavy atom. The van der Waals surface area contributed by atoms with Crippen molar-refractivity contribution in [2.75, 3.05) is 19.7 Å². The number of fused-ring (bicyclic) bond motifs is 3. The number of carbonyl (C=O) groups is 2. The molecule has 0 unspecified atom stereocenters. The topological polar surface area (TPSA) is 69.6 Å². The smallest absolute Gasteiger partial charge is 0.247 e. The normalized spacial score (nSPS) is 13.5. The number of nitrogens with zero attached hydrogens (tertiary/aromatic N) is 1. The maximum absolute atomic E-state index is 13.2. The van der Waals surface area contributed by atoms with E-state index in [2.05, 4.69) is 5.32 Å². The summed E-state index contributed by atoms with van der Waals surface area (Å²) < 4.78 is 0. The highest BCUT2D eigenvalue weighted by molar-refractivity contribution is 5.98. The first kappa shape index (κ1) is 20.1. The van der Waals surface area contributed by atoms with Crippen LogP contribution in [-0.2, 0) is 9.59 Å². The Morgan fingerprint density at radius 3 is 1.93 bits per heavy atom. The van der Waals surface area contributed by atoms with Gasteiger partial charge in [-0.1, -0.05) is 62.4 Å². The second-order valence-electron chi connectivity index (χ2n) is 7.18. The van der Waals surface area contributed by atoms with E-state index in [0.717, 1.165) is 35.1 Å². The second kappa shape index (κ2) is 9.02. The number of aliphatic hydroxyl groups is 1. The highest BCUT2D eigenvalue weighted by Crippen LogP contribution is 2.44. The lowest BCUT2D eigenvalue weighted by Gasteiger charge is -2.27. The van der Waals surface area contributed by atoms with Crippen LogP contribution in [0.5, 0.6) is 0 Å². The van der Waals surface area contributed by atoms with Gasteiger partial charge < -0.3 is 15.3 Å². The van der Waals surface area contributed by atoms with Crippen LogP contribution in [0.1, 0.15) is 43.7 Å². The molecule has 1 aliphatic rings. The van der Waals surface area contributed by atoms with Gasteiger partial charge in [-0.2, -0.15) is 0 Å². The summed E-state index contributed by atoms with van der Waals surface area (Å²) in [7, 11) is 0. The molecule has 0 saturated heterocycles. The van der Waals surface area contributed by atoms with Crippen LogP contribution < -0.4 is 5.32 Å². The van der Waals surface area contributed by atoms with Crippen molar-refractivity contribution in [2.45, 2.75) is 38.6 Å². The molecule has 1 aliphatic carbocycles. The number of aliphatic hydroxyl groups excluding tert-OH is 1. The second-order valence-corrected chi connectivity index (χ2v) is 7.18. The van der Waals surface area contributed by atoms with Crippen LogP contribution in [0.4, 0.5) is 0 Å². The minimum Gasteiger partial charge on any atom is -0.394 e. The molecular formula is C23H28N2O3. The molecule has 2 amide bonds. The monoisotopic (exact) mass is 380 g/mol. The van der Waals surface area contributed by atoms with Gasteiger partial charge >= 0.3 is 0 Å². The summed E-state index contributed by atoms with van der Waals surface area (Å²) in [5.41, 5.74) is 3.96. The van der Waals surface area contributed by atoms with Gasteiger partial charge in [-0.05, 0) is 35.1 Å². The van der Waals surface area contributed by atoms with Gasteiger partial charge in [0.15, 0.2) is 0 Å². The summed E-state index contributed by atoms with van der Waals surface area (Å²) in [4.78, 5) is 27.8. The third-order valence-electron chi connectivity index (χ3n) is 5.19. The van der Waals surface area contributed by atoms with E-state index in [-0.39, 0.29) is 11.8 Å². The molecule has 5 heteroatoms. The predicted octanol–water partition coefficient (Wildman–Crippen LogP) is 2.92. The maximum Gasteiger partial charge on any atom is 0.247 e. The van der Waals surface area contributed by atoms with Crippen LogP contribution >= 0.6 is 0 Å². The van der Waals surface area contributed by atoms with E-state index < -0.39 is 18.6 Å². The van der Waals surface area contributed by atoms with Crippen LogP contribution in [0.3, 0.4) is 0 Å². The van der Waals surface area contributed by atoms with Gasteiger partial charge in [-0.3, -0.25) is 9.59 Å². The molecule has 5 nitrogen and oxygen atoms in total. The molecule has 3 rings (SSSR count). The minimum atomic E-state index is -0.925.